The molecule has 0 N–H and O–H groups in total. The van der Waals surface area contributed by atoms with Crippen LogP contribution in [0.4, 0.5) is 0 Å². The fraction of sp³-hybridized carbons (Fsp3) is 0.267. The Hall–Kier alpha value is -1.61. The Morgan fingerprint density at radius 3 is 3.22 bits per heavy atom. The van der Waals surface area contributed by atoms with E-state index in [1.807, 2.05) is 23.9 Å². The maximum absolute atomic E-state index is 4.31. The summed E-state index contributed by atoms with van der Waals surface area (Å²) in [6.45, 7) is 0. The van der Waals surface area contributed by atoms with Crippen LogP contribution in [0.1, 0.15) is 30.1 Å². The molecule has 1 aliphatic heterocycles. The summed E-state index contributed by atoms with van der Waals surface area (Å²) < 4.78 is 3.75. The predicted octanol–water partition coefficient (Wildman–Crippen LogP) is 4.02. The van der Waals surface area contributed by atoms with Crippen LogP contribution in [-0.4, -0.2) is 9.55 Å². The highest BCUT2D eigenvalue weighted by Crippen LogP contribution is 2.37. The van der Waals surface area contributed by atoms with Crippen molar-refractivity contribution in [2.75, 3.05) is 0 Å². The first kappa shape index (κ1) is 10.3. The van der Waals surface area contributed by atoms with Crippen molar-refractivity contribution >= 4 is 21.4 Å². The number of aromatic nitrogens is 2. The fourth-order valence-electron chi connectivity index (χ4n) is 2.98. The average molecular weight is 254 g/mol. The first-order valence-corrected chi connectivity index (χ1v) is 7.28. The van der Waals surface area contributed by atoms with Gasteiger partial charge in [0.15, 0.2) is 0 Å². The maximum Gasteiger partial charge on any atom is 0.0953 e. The van der Waals surface area contributed by atoms with E-state index in [0.29, 0.717) is 6.04 Å². The molecule has 90 valence electrons. The van der Waals surface area contributed by atoms with Gasteiger partial charge in [-0.05, 0) is 41.7 Å². The van der Waals surface area contributed by atoms with Crippen LogP contribution in [0.5, 0.6) is 0 Å². The summed E-state index contributed by atoms with van der Waals surface area (Å²) in [4.78, 5) is 4.31. The quantitative estimate of drug-likeness (QED) is 0.641. The van der Waals surface area contributed by atoms with Gasteiger partial charge in [-0.3, -0.25) is 0 Å². The third kappa shape index (κ3) is 1.44. The SMILES string of the molecule is c1ccc2c(C3CCCc4cncn43)csc2c1. The summed E-state index contributed by atoms with van der Waals surface area (Å²) in [5.41, 5.74) is 2.84. The Balaban J connectivity index is 1.90. The van der Waals surface area contributed by atoms with Crippen LogP contribution in [0.25, 0.3) is 10.1 Å². The lowest BCUT2D eigenvalue weighted by atomic mass is 9.96. The van der Waals surface area contributed by atoms with Crippen molar-refractivity contribution in [2.45, 2.75) is 25.3 Å². The van der Waals surface area contributed by atoms with Crippen molar-refractivity contribution in [3.63, 3.8) is 0 Å². The average Bonchev–Trinajstić information content (AvgIpc) is 3.05. The van der Waals surface area contributed by atoms with Crippen LogP contribution in [0.3, 0.4) is 0 Å². The zero-order valence-corrected chi connectivity index (χ0v) is 10.9. The zero-order valence-electron chi connectivity index (χ0n) is 10.0. The van der Waals surface area contributed by atoms with Crippen molar-refractivity contribution in [1.29, 1.82) is 0 Å². The number of aryl methyl sites for hydroxylation is 1. The molecule has 3 aromatic rings. The van der Waals surface area contributed by atoms with E-state index in [9.17, 15) is 0 Å². The lowest BCUT2D eigenvalue weighted by Crippen LogP contribution is -2.17. The molecule has 0 radical (unpaired) electrons. The Kier molecular flexibility index (Phi) is 2.27. The number of thiophene rings is 1. The second-order valence-corrected chi connectivity index (χ2v) is 5.80. The maximum atomic E-state index is 4.31. The van der Waals surface area contributed by atoms with E-state index in [4.69, 9.17) is 0 Å². The van der Waals surface area contributed by atoms with Crippen molar-refractivity contribution in [2.24, 2.45) is 0 Å². The van der Waals surface area contributed by atoms with Gasteiger partial charge in [0.2, 0.25) is 0 Å². The molecular weight excluding hydrogens is 240 g/mol. The molecule has 1 aliphatic rings. The molecule has 3 heteroatoms. The van der Waals surface area contributed by atoms with Crippen molar-refractivity contribution in [1.82, 2.24) is 9.55 Å². The van der Waals surface area contributed by atoms with Crippen molar-refractivity contribution in [3.05, 3.63) is 53.4 Å². The molecule has 0 bridgehead atoms. The third-order valence-electron chi connectivity index (χ3n) is 3.86. The minimum Gasteiger partial charge on any atom is -0.327 e. The highest BCUT2D eigenvalue weighted by atomic mass is 32.1. The van der Waals surface area contributed by atoms with E-state index in [1.54, 1.807) is 0 Å². The van der Waals surface area contributed by atoms with Crippen LogP contribution >= 0.6 is 11.3 Å². The molecule has 0 fully saturated rings. The van der Waals surface area contributed by atoms with Crippen molar-refractivity contribution in [3.8, 4) is 0 Å². The molecule has 0 spiro atoms. The van der Waals surface area contributed by atoms with Gasteiger partial charge in [-0.15, -0.1) is 11.3 Å². The van der Waals surface area contributed by atoms with Gasteiger partial charge in [-0.2, -0.15) is 0 Å². The Morgan fingerprint density at radius 1 is 1.28 bits per heavy atom. The molecule has 4 rings (SSSR count). The Bertz CT molecular complexity index is 695. The van der Waals surface area contributed by atoms with E-state index in [1.165, 1.54) is 40.6 Å². The number of hydrogen-bond donors (Lipinski definition) is 0. The van der Waals surface area contributed by atoms with E-state index in [0.717, 1.165) is 0 Å². The number of imidazole rings is 1. The Labute approximate surface area is 110 Å². The fourth-order valence-corrected chi connectivity index (χ4v) is 3.99. The van der Waals surface area contributed by atoms with Crippen LogP contribution in [0.2, 0.25) is 0 Å². The second kappa shape index (κ2) is 3.95. The summed E-state index contributed by atoms with van der Waals surface area (Å²) in [7, 11) is 0. The number of rotatable bonds is 1. The lowest BCUT2D eigenvalue weighted by molar-refractivity contribution is 0.461. The largest absolute Gasteiger partial charge is 0.327 e. The highest BCUT2D eigenvalue weighted by molar-refractivity contribution is 7.17. The third-order valence-corrected chi connectivity index (χ3v) is 4.84. The van der Waals surface area contributed by atoms with Crippen molar-refractivity contribution < 1.29 is 0 Å². The molecule has 2 nitrogen and oxygen atoms in total. The number of benzene rings is 1. The smallest absolute Gasteiger partial charge is 0.0953 e. The van der Waals surface area contributed by atoms with Gasteiger partial charge in [0.25, 0.3) is 0 Å². The first-order chi connectivity index (χ1) is 8.93. The predicted molar refractivity (Wildman–Crippen MR) is 75.1 cm³/mol. The second-order valence-electron chi connectivity index (χ2n) is 4.89. The summed E-state index contributed by atoms with van der Waals surface area (Å²) in [6, 6.07) is 9.18. The molecule has 18 heavy (non-hydrogen) atoms. The number of fused-ring (bicyclic) bond motifs is 2. The minimum absolute atomic E-state index is 0.479. The summed E-state index contributed by atoms with van der Waals surface area (Å²) >= 11 is 1.85. The van der Waals surface area contributed by atoms with Gasteiger partial charge >= 0.3 is 0 Å². The van der Waals surface area contributed by atoms with Gasteiger partial charge in [0.1, 0.15) is 0 Å². The molecule has 1 aromatic carbocycles. The molecule has 2 aromatic heterocycles. The van der Waals surface area contributed by atoms with Gasteiger partial charge in [-0.1, -0.05) is 18.2 Å². The molecule has 0 saturated carbocycles. The summed E-state index contributed by atoms with van der Waals surface area (Å²) in [5.74, 6) is 0. The van der Waals surface area contributed by atoms with Crippen LogP contribution in [0, 0.1) is 0 Å². The molecule has 0 saturated heterocycles. The van der Waals surface area contributed by atoms with Crippen LogP contribution in [-0.2, 0) is 6.42 Å². The molecule has 1 unspecified atom stereocenters. The van der Waals surface area contributed by atoms with Gasteiger partial charge in [0.05, 0.1) is 12.4 Å². The normalized spacial score (nSPS) is 19.0. The van der Waals surface area contributed by atoms with E-state index in [2.05, 4.69) is 39.2 Å². The van der Waals surface area contributed by atoms with E-state index in [-0.39, 0.29) is 0 Å². The zero-order chi connectivity index (χ0) is 11.9. The molecular formula is C15H14N2S. The van der Waals surface area contributed by atoms with Gasteiger partial charge < -0.3 is 4.57 Å². The lowest BCUT2D eigenvalue weighted by Gasteiger charge is -2.25. The Morgan fingerprint density at radius 2 is 2.22 bits per heavy atom. The van der Waals surface area contributed by atoms with E-state index < -0.39 is 0 Å². The topological polar surface area (TPSA) is 17.8 Å². The molecule has 1 atom stereocenters. The first-order valence-electron chi connectivity index (χ1n) is 6.40. The summed E-state index contributed by atoms with van der Waals surface area (Å²) in [5, 5.41) is 3.74. The minimum atomic E-state index is 0.479. The molecule has 0 aliphatic carbocycles. The molecule has 0 amide bonds. The summed E-state index contributed by atoms with van der Waals surface area (Å²) in [6.07, 6.45) is 7.66. The monoisotopic (exact) mass is 254 g/mol. The number of hydrogen-bond acceptors (Lipinski definition) is 2. The van der Waals surface area contributed by atoms with Crippen LogP contribution in [0.15, 0.2) is 42.2 Å². The molecule has 3 heterocycles. The van der Waals surface area contributed by atoms with Gasteiger partial charge in [0, 0.05) is 16.6 Å². The van der Waals surface area contributed by atoms with Crippen LogP contribution < -0.4 is 0 Å². The van der Waals surface area contributed by atoms with E-state index >= 15 is 0 Å². The number of nitrogens with zero attached hydrogens (tertiary/aromatic N) is 2. The van der Waals surface area contributed by atoms with Gasteiger partial charge in [-0.25, -0.2) is 4.98 Å². The standard InChI is InChI=1S/C15H14N2S/c1-2-7-15-12(5-1)13(9-18-15)14-6-3-4-11-8-16-10-17(11)14/h1-2,5,7-10,14H,3-4,6H2. The highest BCUT2D eigenvalue weighted by Gasteiger charge is 2.23.